The van der Waals surface area contributed by atoms with Crippen molar-refractivity contribution >= 4 is 34.3 Å². The molecule has 2 aromatic carbocycles. The van der Waals surface area contributed by atoms with E-state index in [2.05, 4.69) is 5.32 Å². The Hall–Kier alpha value is -3.89. The number of benzene rings is 2. The summed E-state index contributed by atoms with van der Waals surface area (Å²) >= 11 is 1.21. The Kier molecular flexibility index (Phi) is 8.01. The van der Waals surface area contributed by atoms with Gasteiger partial charge in [-0.05, 0) is 38.5 Å². The monoisotopic (exact) mass is 460 g/mol. The van der Waals surface area contributed by atoms with Gasteiger partial charge in [0.2, 0.25) is 0 Å². The molecule has 3 aromatic rings. The topological polar surface area (TPSA) is 88.4 Å². The van der Waals surface area contributed by atoms with Crippen LogP contribution in [0.5, 0.6) is 5.75 Å². The van der Waals surface area contributed by atoms with Crippen molar-refractivity contribution in [3.05, 3.63) is 76.7 Å². The molecule has 0 spiro atoms. The highest BCUT2D eigenvalue weighted by Gasteiger charge is 2.24. The van der Waals surface area contributed by atoms with Crippen LogP contribution in [-0.4, -0.2) is 24.6 Å². The third-order valence-electron chi connectivity index (χ3n) is 4.53. The van der Waals surface area contributed by atoms with Crippen molar-refractivity contribution in [2.24, 2.45) is 0 Å². The summed E-state index contributed by atoms with van der Waals surface area (Å²) in [5.41, 5.74) is 2.25. The SMILES string of the molecule is CCOC(=O)c1c(-c2ccccc2)csc1NC(=O)C(C#N)=Cc1ccccc1OC(C)C. The van der Waals surface area contributed by atoms with Gasteiger partial charge >= 0.3 is 5.97 Å². The number of carbonyl (C=O) groups is 2. The molecule has 1 aromatic heterocycles. The van der Waals surface area contributed by atoms with Crippen molar-refractivity contribution < 1.29 is 19.1 Å². The minimum absolute atomic E-state index is 0.0615. The third kappa shape index (κ3) is 5.88. The average Bonchev–Trinajstić information content (AvgIpc) is 3.22. The van der Waals surface area contributed by atoms with E-state index < -0.39 is 11.9 Å². The second-order valence-corrected chi connectivity index (χ2v) is 8.15. The molecule has 0 fully saturated rings. The number of thiophene rings is 1. The number of hydrogen-bond acceptors (Lipinski definition) is 6. The first-order chi connectivity index (χ1) is 15.9. The number of esters is 1. The first-order valence-electron chi connectivity index (χ1n) is 10.5. The zero-order valence-corrected chi connectivity index (χ0v) is 19.4. The lowest BCUT2D eigenvalue weighted by molar-refractivity contribution is -0.112. The smallest absolute Gasteiger partial charge is 0.341 e. The Labute approximate surface area is 197 Å². The molecule has 7 heteroatoms. The zero-order chi connectivity index (χ0) is 23.8. The van der Waals surface area contributed by atoms with Crippen LogP contribution in [0, 0.1) is 11.3 Å². The van der Waals surface area contributed by atoms with Gasteiger partial charge in [0.15, 0.2) is 0 Å². The molecule has 0 bridgehead atoms. The molecule has 168 valence electrons. The van der Waals surface area contributed by atoms with Crippen LogP contribution < -0.4 is 10.1 Å². The summed E-state index contributed by atoms with van der Waals surface area (Å²) in [4.78, 5) is 25.7. The number of nitriles is 1. The maximum Gasteiger partial charge on any atom is 0.341 e. The molecule has 0 unspecified atom stereocenters. The van der Waals surface area contributed by atoms with E-state index in [4.69, 9.17) is 9.47 Å². The Morgan fingerprint density at radius 2 is 1.82 bits per heavy atom. The summed E-state index contributed by atoms with van der Waals surface area (Å²) in [6, 6.07) is 18.5. The van der Waals surface area contributed by atoms with E-state index in [1.807, 2.05) is 56.3 Å². The molecule has 1 heterocycles. The maximum atomic E-state index is 13.0. The standard InChI is InChI=1S/C26H24N2O4S/c1-4-31-26(30)23-21(18-10-6-5-7-11-18)16-33-25(23)28-24(29)20(15-27)14-19-12-8-9-13-22(19)32-17(2)3/h5-14,16-17H,4H2,1-3H3,(H,28,29). The lowest BCUT2D eigenvalue weighted by Gasteiger charge is -2.12. The molecule has 0 saturated heterocycles. The highest BCUT2D eigenvalue weighted by Crippen LogP contribution is 2.36. The van der Waals surface area contributed by atoms with E-state index in [9.17, 15) is 14.9 Å². The number of rotatable bonds is 8. The first kappa shape index (κ1) is 23.8. The lowest BCUT2D eigenvalue weighted by Crippen LogP contribution is -2.16. The molecular formula is C26H24N2O4S. The van der Waals surface area contributed by atoms with E-state index >= 15 is 0 Å². The van der Waals surface area contributed by atoms with Crippen LogP contribution in [0.25, 0.3) is 17.2 Å². The number of amides is 1. The van der Waals surface area contributed by atoms with Crippen LogP contribution in [0.15, 0.2) is 65.6 Å². The molecule has 0 radical (unpaired) electrons. The van der Waals surface area contributed by atoms with Crippen LogP contribution >= 0.6 is 11.3 Å². The fourth-order valence-electron chi connectivity index (χ4n) is 3.12. The first-order valence-corrected chi connectivity index (χ1v) is 11.3. The van der Waals surface area contributed by atoms with Gasteiger partial charge in [-0.25, -0.2) is 4.79 Å². The van der Waals surface area contributed by atoms with Crippen molar-refractivity contribution in [1.82, 2.24) is 0 Å². The van der Waals surface area contributed by atoms with Crippen LogP contribution in [0.1, 0.15) is 36.7 Å². The minimum atomic E-state index is -0.621. The van der Waals surface area contributed by atoms with Crippen molar-refractivity contribution in [3.8, 4) is 22.9 Å². The highest BCUT2D eigenvalue weighted by atomic mass is 32.1. The van der Waals surface area contributed by atoms with Gasteiger partial charge in [0.05, 0.1) is 12.7 Å². The number of nitrogens with one attached hydrogen (secondary N) is 1. The normalized spacial score (nSPS) is 11.1. The van der Waals surface area contributed by atoms with E-state index in [0.717, 1.165) is 5.56 Å². The molecule has 0 aliphatic rings. The Bertz CT molecular complexity index is 1210. The van der Waals surface area contributed by atoms with Gasteiger partial charge < -0.3 is 14.8 Å². The summed E-state index contributed by atoms with van der Waals surface area (Å²) < 4.78 is 11.0. The van der Waals surface area contributed by atoms with Gasteiger partial charge in [0.25, 0.3) is 5.91 Å². The summed E-state index contributed by atoms with van der Waals surface area (Å²) in [5, 5.41) is 14.5. The molecule has 0 aliphatic heterocycles. The summed E-state index contributed by atoms with van der Waals surface area (Å²) in [7, 11) is 0. The average molecular weight is 461 g/mol. The van der Waals surface area contributed by atoms with E-state index in [-0.39, 0.29) is 23.8 Å². The molecule has 6 nitrogen and oxygen atoms in total. The van der Waals surface area contributed by atoms with Crippen molar-refractivity contribution in [3.63, 3.8) is 0 Å². The zero-order valence-electron chi connectivity index (χ0n) is 18.6. The van der Waals surface area contributed by atoms with Crippen LogP contribution in [0.3, 0.4) is 0 Å². The van der Waals surface area contributed by atoms with Crippen LogP contribution in [0.4, 0.5) is 5.00 Å². The van der Waals surface area contributed by atoms with Gasteiger partial charge in [0.1, 0.15) is 28.0 Å². The summed E-state index contributed by atoms with van der Waals surface area (Å²) in [5.74, 6) is -0.585. The highest BCUT2D eigenvalue weighted by molar-refractivity contribution is 7.15. The molecule has 33 heavy (non-hydrogen) atoms. The largest absolute Gasteiger partial charge is 0.490 e. The Morgan fingerprint density at radius 1 is 1.12 bits per heavy atom. The molecule has 1 amide bonds. The number of para-hydroxylation sites is 1. The van der Waals surface area contributed by atoms with Crippen molar-refractivity contribution in [2.75, 3.05) is 11.9 Å². The molecule has 1 N–H and O–H groups in total. The fourth-order valence-corrected chi connectivity index (χ4v) is 4.07. The number of nitrogens with zero attached hydrogens (tertiary/aromatic N) is 1. The molecular weight excluding hydrogens is 436 g/mol. The van der Waals surface area contributed by atoms with Gasteiger partial charge in [-0.15, -0.1) is 11.3 Å². The predicted octanol–water partition coefficient (Wildman–Crippen LogP) is 5.92. The second-order valence-electron chi connectivity index (χ2n) is 7.27. The van der Waals surface area contributed by atoms with Gasteiger partial charge in [-0.2, -0.15) is 5.26 Å². The molecule has 0 saturated carbocycles. The van der Waals surface area contributed by atoms with Gasteiger partial charge in [-0.3, -0.25) is 4.79 Å². The van der Waals surface area contributed by atoms with Crippen molar-refractivity contribution in [1.29, 1.82) is 5.26 Å². The van der Waals surface area contributed by atoms with Gasteiger partial charge in [-0.1, -0.05) is 48.5 Å². The van der Waals surface area contributed by atoms with Crippen LogP contribution in [-0.2, 0) is 9.53 Å². The molecule has 3 rings (SSSR count). The number of hydrogen-bond donors (Lipinski definition) is 1. The third-order valence-corrected chi connectivity index (χ3v) is 5.42. The van der Waals surface area contributed by atoms with Gasteiger partial charge in [0, 0.05) is 16.5 Å². The number of carbonyl (C=O) groups excluding carboxylic acids is 2. The van der Waals surface area contributed by atoms with E-state index in [0.29, 0.717) is 21.9 Å². The van der Waals surface area contributed by atoms with Crippen molar-refractivity contribution in [2.45, 2.75) is 26.9 Å². The fraction of sp³-hybridized carbons (Fsp3) is 0.192. The summed E-state index contributed by atoms with van der Waals surface area (Å²) in [6.45, 7) is 5.72. The lowest BCUT2D eigenvalue weighted by atomic mass is 10.0. The molecule has 0 atom stereocenters. The number of anilines is 1. The van der Waals surface area contributed by atoms with E-state index in [1.165, 1.54) is 17.4 Å². The minimum Gasteiger partial charge on any atom is -0.490 e. The predicted molar refractivity (Wildman–Crippen MR) is 130 cm³/mol. The quantitative estimate of drug-likeness (QED) is 0.256. The number of ether oxygens (including phenoxy) is 2. The summed E-state index contributed by atoms with van der Waals surface area (Å²) in [6.07, 6.45) is 1.41. The van der Waals surface area contributed by atoms with Crippen LogP contribution in [0.2, 0.25) is 0 Å². The van der Waals surface area contributed by atoms with E-state index in [1.54, 1.807) is 30.5 Å². The second kappa shape index (κ2) is 11.1. The maximum absolute atomic E-state index is 13.0. The Morgan fingerprint density at radius 3 is 2.48 bits per heavy atom. The Balaban J connectivity index is 1.95. The molecule has 0 aliphatic carbocycles.